The summed E-state index contributed by atoms with van der Waals surface area (Å²) in [5.74, 6) is -0.245. The number of hydrogen-bond acceptors (Lipinski definition) is 2. The first kappa shape index (κ1) is 12.4. The SMILES string of the molecule is O=C(Cc1ccoc1)c1ccc(C(F)(F)F)cc1. The Morgan fingerprint density at radius 2 is 1.78 bits per heavy atom. The summed E-state index contributed by atoms with van der Waals surface area (Å²) in [4.78, 5) is 11.8. The van der Waals surface area contributed by atoms with E-state index >= 15 is 0 Å². The highest BCUT2D eigenvalue weighted by Gasteiger charge is 2.30. The summed E-state index contributed by atoms with van der Waals surface area (Å²) in [6.45, 7) is 0. The van der Waals surface area contributed by atoms with Gasteiger partial charge in [-0.2, -0.15) is 13.2 Å². The van der Waals surface area contributed by atoms with Crippen LogP contribution in [0.1, 0.15) is 21.5 Å². The van der Waals surface area contributed by atoms with Crippen LogP contribution in [0.4, 0.5) is 13.2 Å². The summed E-state index contributed by atoms with van der Waals surface area (Å²) >= 11 is 0. The molecule has 0 atom stereocenters. The first-order valence-electron chi connectivity index (χ1n) is 5.18. The maximum atomic E-state index is 12.3. The number of hydrogen-bond donors (Lipinski definition) is 0. The lowest BCUT2D eigenvalue weighted by Gasteiger charge is -2.06. The van der Waals surface area contributed by atoms with Crippen LogP contribution in [-0.2, 0) is 12.6 Å². The second kappa shape index (κ2) is 4.68. The molecule has 0 aliphatic carbocycles. The monoisotopic (exact) mass is 254 g/mol. The van der Waals surface area contributed by atoms with Crippen LogP contribution in [0.5, 0.6) is 0 Å². The van der Waals surface area contributed by atoms with E-state index < -0.39 is 11.7 Å². The summed E-state index contributed by atoms with van der Waals surface area (Å²) in [6, 6.07) is 5.82. The average Bonchev–Trinajstić information content (AvgIpc) is 2.81. The van der Waals surface area contributed by atoms with Crippen molar-refractivity contribution >= 4 is 5.78 Å². The van der Waals surface area contributed by atoms with E-state index in [-0.39, 0.29) is 17.8 Å². The van der Waals surface area contributed by atoms with Gasteiger partial charge >= 0.3 is 6.18 Å². The predicted molar refractivity (Wildman–Crippen MR) is 58.2 cm³/mol. The fraction of sp³-hybridized carbons (Fsp3) is 0.154. The van der Waals surface area contributed by atoms with Crippen LogP contribution < -0.4 is 0 Å². The molecule has 1 heterocycles. The third-order valence-electron chi connectivity index (χ3n) is 2.48. The molecule has 0 aliphatic heterocycles. The predicted octanol–water partition coefficient (Wildman–Crippen LogP) is 3.72. The molecule has 0 unspecified atom stereocenters. The molecule has 18 heavy (non-hydrogen) atoms. The number of carbonyl (C=O) groups is 1. The van der Waals surface area contributed by atoms with Crippen LogP contribution in [0.25, 0.3) is 0 Å². The maximum absolute atomic E-state index is 12.3. The van der Waals surface area contributed by atoms with Crippen molar-refractivity contribution in [1.29, 1.82) is 0 Å². The van der Waals surface area contributed by atoms with E-state index in [9.17, 15) is 18.0 Å². The van der Waals surface area contributed by atoms with Gasteiger partial charge in [0.15, 0.2) is 5.78 Å². The molecule has 0 saturated heterocycles. The highest BCUT2D eigenvalue weighted by Crippen LogP contribution is 2.29. The van der Waals surface area contributed by atoms with Gasteiger partial charge in [0.2, 0.25) is 0 Å². The molecule has 0 fully saturated rings. The lowest BCUT2D eigenvalue weighted by Crippen LogP contribution is -2.07. The molecule has 0 amide bonds. The van der Waals surface area contributed by atoms with E-state index in [1.165, 1.54) is 24.7 Å². The maximum Gasteiger partial charge on any atom is 0.416 e. The summed E-state index contributed by atoms with van der Waals surface area (Å²) < 4.78 is 41.8. The van der Waals surface area contributed by atoms with Crippen LogP contribution in [-0.4, -0.2) is 5.78 Å². The van der Waals surface area contributed by atoms with Gasteiger partial charge < -0.3 is 4.42 Å². The quantitative estimate of drug-likeness (QED) is 0.781. The minimum absolute atomic E-state index is 0.113. The van der Waals surface area contributed by atoms with Gasteiger partial charge in [0, 0.05) is 12.0 Å². The normalized spacial score (nSPS) is 11.5. The van der Waals surface area contributed by atoms with Crippen molar-refractivity contribution < 1.29 is 22.4 Å². The highest BCUT2D eigenvalue weighted by molar-refractivity contribution is 5.97. The lowest BCUT2D eigenvalue weighted by atomic mass is 10.0. The van der Waals surface area contributed by atoms with Crippen LogP contribution in [0.15, 0.2) is 47.3 Å². The Morgan fingerprint density at radius 3 is 2.28 bits per heavy atom. The van der Waals surface area contributed by atoms with Gasteiger partial charge in [0.25, 0.3) is 0 Å². The molecule has 5 heteroatoms. The van der Waals surface area contributed by atoms with Crippen molar-refractivity contribution in [3.8, 4) is 0 Å². The number of carbonyl (C=O) groups excluding carboxylic acids is 1. The Bertz CT molecular complexity index is 524. The van der Waals surface area contributed by atoms with Gasteiger partial charge in [0.1, 0.15) is 0 Å². The molecule has 0 radical (unpaired) electrons. The van der Waals surface area contributed by atoms with Gasteiger partial charge in [-0.3, -0.25) is 4.79 Å². The zero-order valence-electron chi connectivity index (χ0n) is 9.20. The number of halogens is 3. The first-order valence-corrected chi connectivity index (χ1v) is 5.18. The standard InChI is InChI=1S/C13H9F3O2/c14-13(15,16)11-3-1-10(2-4-11)12(17)7-9-5-6-18-8-9/h1-6,8H,7H2. The molecule has 1 aromatic heterocycles. The van der Waals surface area contributed by atoms with Crippen molar-refractivity contribution in [2.75, 3.05) is 0 Å². The van der Waals surface area contributed by atoms with Crippen LogP contribution in [0.3, 0.4) is 0 Å². The molecule has 1 aromatic carbocycles. The van der Waals surface area contributed by atoms with Gasteiger partial charge in [0.05, 0.1) is 18.1 Å². The largest absolute Gasteiger partial charge is 0.472 e. The number of alkyl halides is 3. The number of benzene rings is 1. The van der Waals surface area contributed by atoms with E-state index in [4.69, 9.17) is 4.42 Å². The molecule has 0 N–H and O–H groups in total. The molecular weight excluding hydrogens is 245 g/mol. The zero-order chi connectivity index (χ0) is 13.2. The Balaban J connectivity index is 2.12. The topological polar surface area (TPSA) is 30.2 Å². The van der Waals surface area contributed by atoms with E-state index in [0.29, 0.717) is 5.56 Å². The fourth-order valence-electron chi connectivity index (χ4n) is 1.53. The van der Waals surface area contributed by atoms with Crippen molar-refractivity contribution in [2.45, 2.75) is 12.6 Å². The summed E-state index contributed by atoms with van der Waals surface area (Å²) in [6.07, 6.45) is -1.40. The van der Waals surface area contributed by atoms with Crippen molar-refractivity contribution in [1.82, 2.24) is 0 Å². The van der Waals surface area contributed by atoms with Crippen LogP contribution >= 0.6 is 0 Å². The van der Waals surface area contributed by atoms with E-state index in [1.54, 1.807) is 6.07 Å². The second-order valence-corrected chi connectivity index (χ2v) is 3.81. The Kier molecular flexibility index (Phi) is 3.23. The summed E-state index contributed by atoms with van der Waals surface area (Å²) in [5.41, 5.74) is 0.187. The van der Waals surface area contributed by atoms with Crippen molar-refractivity contribution in [3.63, 3.8) is 0 Å². The Morgan fingerprint density at radius 1 is 1.11 bits per heavy atom. The highest BCUT2D eigenvalue weighted by atomic mass is 19.4. The zero-order valence-corrected chi connectivity index (χ0v) is 9.20. The average molecular weight is 254 g/mol. The Labute approximate surface area is 101 Å². The van der Waals surface area contributed by atoms with Crippen LogP contribution in [0.2, 0.25) is 0 Å². The van der Waals surface area contributed by atoms with Gasteiger partial charge in [-0.25, -0.2) is 0 Å². The fourth-order valence-corrected chi connectivity index (χ4v) is 1.53. The first-order chi connectivity index (χ1) is 8.47. The number of ketones is 1. The van der Waals surface area contributed by atoms with E-state index in [1.807, 2.05) is 0 Å². The van der Waals surface area contributed by atoms with Gasteiger partial charge in [-0.1, -0.05) is 12.1 Å². The second-order valence-electron chi connectivity index (χ2n) is 3.81. The molecule has 2 rings (SSSR count). The molecular formula is C13H9F3O2. The third-order valence-corrected chi connectivity index (χ3v) is 2.48. The molecule has 0 saturated carbocycles. The molecule has 2 aromatic rings. The minimum Gasteiger partial charge on any atom is -0.472 e. The smallest absolute Gasteiger partial charge is 0.416 e. The van der Waals surface area contributed by atoms with Crippen molar-refractivity contribution in [2.24, 2.45) is 0 Å². The molecule has 0 bridgehead atoms. The van der Waals surface area contributed by atoms with Crippen LogP contribution in [0, 0.1) is 0 Å². The molecule has 0 aliphatic rings. The summed E-state index contributed by atoms with van der Waals surface area (Å²) in [7, 11) is 0. The van der Waals surface area contributed by atoms with E-state index in [0.717, 1.165) is 12.1 Å². The molecule has 94 valence electrons. The lowest BCUT2D eigenvalue weighted by molar-refractivity contribution is -0.137. The van der Waals surface area contributed by atoms with Crippen molar-refractivity contribution in [3.05, 3.63) is 59.5 Å². The minimum atomic E-state index is -4.38. The van der Waals surface area contributed by atoms with Gasteiger partial charge in [-0.05, 0) is 23.8 Å². The van der Waals surface area contributed by atoms with Gasteiger partial charge in [-0.15, -0.1) is 0 Å². The Hall–Kier alpha value is -2.04. The number of rotatable bonds is 3. The third kappa shape index (κ3) is 2.80. The number of Topliss-reactive ketones (excluding diaryl/α,β-unsaturated/α-hetero) is 1. The number of furan rings is 1. The summed E-state index contributed by atoms with van der Waals surface area (Å²) in [5, 5.41) is 0. The van der Waals surface area contributed by atoms with E-state index in [2.05, 4.69) is 0 Å². The molecule has 2 nitrogen and oxygen atoms in total. The molecule has 0 spiro atoms.